The maximum atomic E-state index is 4.64. The summed E-state index contributed by atoms with van der Waals surface area (Å²) in [6.07, 6.45) is 6.76. The normalized spacial score (nSPS) is 20.1. The Hall–Kier alpha value is -1.85. The first kappa shape index (κ1) is 13.1. The Morgan fingerprint density at radius 2 is 2.25 bits per heavy atom. The van der Waals surface area contributed by atoms with E-state index in [0.717, 1.165) is 36.0 Å². The highest BCUT2D eigenvalue weighted by Crippen LogP contribution is 2.27. The molecule has 0 saturated carbocycles. The van der Waals surface area contributed by atoms with E-state index in [2.05, 4.69) is 37.1 Å². The Kier molecular flexibility index (Phi) is 3.71. The Labute approximate surface area is 119 Å². The van der Waals surface area contributed by atoms with Crippen LogP contribution < -0.4 is 10.2 Å². The summed E-state index contributed by atoms with van der Waals surface area (Å²) < 4.78 is 0. The van der Waals surface area contributed by atoms with Crippen molar-refractivity contribution in [3.05, 3.63) is 6.33 Å². The number of anilines is 2. The molecular weight excluding hydrogens is 252 g/mol. The first-order chi connectivity index (χ1) is 9.81. The van der Waals surface area contributed by atoms with Gasteiger partial charge in [0.2, 0.25) is 5.95 Å². The zero-order chi connectivity index (χ0) is 13.9. The number of nitrogens with one attached hydrogen (secondary N) is 2. The fraction of sp³-hybridized carbons (Fsp3) is 0.643. The van der Waals surface area contributed by atoms with Gasteiger partial charge in [0.25, 0.3) is 0 Å². The van der Waals surface area contributed by atoms with E-state index in [9.17, 15) is 0 Å². The quantitative estimate of drug-likeness (QED) is 0.899. The van der Waals surface area contributed by atoms with Crippen molar-refractivity contribution in [1.29, 1.82) is 0 Å². The molecule has 0 aliphatic carbocycles. The van der Waals surface area contributed by atoms with Gasteiger partial charge in [0, 0.05) is 20.1 Å². The monoisotopic (exact) mass is 274 g/mol. The van der Waals surface area contributed by atoms with E-state index >= 15 is 0 Å². The Balaban J connectivity index is 1.94. The largest absolute Gasteiger partial charge is 0.357 e. The zero-order valence-electron chi connectivity index (χ0n) is 12.2. The third-order valence-electron chi connectivity index (χ3n) is 4.21. The van der Waals surface area contributed by atoms with Crippen LogP contribution in [0.3, 0.4) is 0 Å². The van der Waals surface area contributed by atoms with E-state index in [1.54, 1.807) is 6.33 Å². The molecule has 6 nitrogen and oxygen atoms in total. The van der Waals surface area contributed by atoms with E-state index < -0.39 is 0 Å². The van der Waals surface area contributed by atoms with E-state index in [1.807, 2.05) is 7.05 Å². The summed E-state index contributed by atoms with van der Waals surface area (Å²) in [7, 11) is 1.84. The number of hydrogen-bond acceptors (Lipinski definition) is 5. The number of fused-ring (bicyclic) bond motifs is 1. The molecule has 1 aliphatic rings. The van der Waals surface area contributed by atoms with Gasteiger partial charge < -0.3 is 15.2 Å². The van der Waals surface area contributed by atoms with Crippen LogP contribution in [0, 0.1) is 5.92 Å². The summed E-state index contributed by atoms with van der Waals surface area (Å²) in [6.45, 7) is 4.41. The van der Waals surface area contributed by atoms with Crippen molar-refractivity contribution in [2.45, 2.75) is 32.6 Å². The second-order valence-electron chi connectivity index (χ2n) is 5.41. The molecule has 2 aromatic heterocycles. The van der Waals surface area contributed by atoms with Gasteiger partial charge in [-0.3, -0.25) is 0 Å². The van der Waals surface area contributed by atoms with Gasteiger partial charge in [0.1, 0.15) is 5.52 Å². The summed E-state index contributed by atoms with van der Waals surface area (Å²) in [5.41, 5.74) is 1.68. The lowest BCUT2D eigenvalue weighted by Gasteiger charge is -2.22. The minimum absolute atomic E-state index is 0.635. The molecule has 1 atom stereocenters. The van der Waals surface area contributed by atoms with Crippen molar-refractivity contribution in [2.24, 2.45) is 5.92 Å². The van der Waals surface area contributed by atoms with Crippen molar-refractivity contribution >= 4 is 22.9 Å². The van der Waals surface area contributed by atoms with E-state index in [1.165, 1.54) is 25.7 Å². The molecule has 3 heterocycles. The second kappa shape index (κ2) is 5.64. The molecule has 0 aromatic carbocycles. The van der Waals surface area contributed by atoms with Crippen LogP contribution in [-0.4, -0.2) is 40.1 Å². The number of imidazole rings is 1. The van der Waals surface area contributed by atoms with Crippen LogP contribution in [0.15, 0.2) is 6.33 Å². The maximum Gasteiger partial charge on any atom is 0.226 e. The molecule has 0 radical (unpaired) electrons. The van der Waals surface area contributed by atoms with Crippen LogP contribution >= 0.6 is 0 Å². The minimum Gasteiger partial charge on any atom is -0.357 e. The van der Waals surface area contributed by atoms with Gasteiger partial charge in [-0.05, 0) is 25.2 Å². The van der Waals surface area contributed by atoms with Gasteiger partial charge in [-0.1, -0.05) is 13.3 Å². The summed E-state index contributed by atoms with van der Waals surface area (Å²) >= 11 is 0. The lowest BCUT2D eigenvalue weighted by molar-refractivity contribution is 0.459. The molecule has 1 saturated heterocycles. The highest BCUT2D eigenvalue weighted by atomic mass is 15.2. The van der Waals surface area contributed by atoms with Crippen LogP contribution in [0.1, 0.15) is 32.6 Å². The number of rotatable bonds is 3. The Morgan fingerprint density at radius 3 is 3.05 bits per heavy atom. The van der Waals surface area contributed by atoms with Crippen LogP contribution in [0.5, 0.6) is 0 Å². The first-order valence-electron chi connectivity index (χ1n) is 7.45. The van der Waals surface area contributed by atoms with Crippen molar-refractivity contribution < 1.29 is 0 Å². The zero-order valence-corrected chi connectivity index (χ0v) is 12.2. The summed E-state index contributed by atoms with van der Waals surface area (Å²) in [5.74, 6) is 2.47. The summed E-state index contributed by atoms with van der Waals surface area (Å²) in [6, 6.07) is 0. The lowest BCUT2D eigenvalue weighted by Crippen LogP contribution is -2.26. The molecule has 20 heavy (non-hydrogen) atoms. The first-order valence-corrected chi connectivity index (χ1v) is 7.45. The van der Waals surface area contributed by atoms with Gasteiger partial charge in [-0.2, -0.15) is 9.97 Å². The molecule has 6 heteroatoms. The fourth-order valence-electron chi connectivity index (χ4n) is 2.94. The van der Waals surface area contributed by atoms with Crippen LogP contribution in [0.2, 0.25) is 0 Å². The average Bonchev–Trinajstić information content (AvgIpc) is 2.82. The van der Waals surface area contributed by atoms with Gasteiger partial charge >= 0.3 is 0 Å². The van der Waals surface area contributed by atoms with Gasteiger partial charge in [-0.25, -0.2) is 4.98 Å². The summed E-state index contributed by atoms with van der Waals surface area (Å²) in [4.78, 5) is 18.8. The number of hydrogen-bond donors (Lipinski definition) is 2. The fourth-order valence-corrected chi connectivity index (χ4v) is 2.94. The van der Waals surface area contributed by atoms with Gasteiger partial charge in [-0.15, -0.1) is 0 Å². The Morgan fingerprint density at radius 1 is 1.35 bits per heavy atom. The number of aromatic nitrogens is 4. The average molecular weight is 274 g/mol. The molecule has 1 aliphatic heterocycles. The second-order valence-corrected chi connectivity index (χ2v) is 5.41. The van der Waals surface area contributed by atoms with Gasteiger partial charge in [0.15, 0.2) is 11.5 Å². The van der Waals surface area contributed by atoms with Gasteiger partial charge in [0.05, 0.1) is 6.33 Å². The predicted octanol–water partition coefficient (Wildman–Crippen LogP) is 2.41. The smallest absolute Gasteiger partial charge is 0.226 e. The molecule has 0 spiro atoms. The molecule has 3 rings (SSSR count). The standard InChI is InChI=1S/C14H22N6/c1-3-10-5-4-7-20(8-6-10)13-11-12(17-9-16-11)18-14(15-2)19-13/h9-10H,3-8H2,1-2H3,(H2,15,16,17,18,19). The third-order valence-corrected chi connectivity index (χ3v) is 4.21. The predicted molar refractivity (Wildman–Crippen MR) is 81.1 cm³/mol. The maximum absolute atomic E-state index is 4.64. The van der Waals surface area contributed by atoms with E-state index in [4.69, 9.17) is 0 Å². The van der Waals surface area contributed by atoms with Crippen LogP contribution in [-0.2, 0) is 0 Å². The molecule has 2 aromatic rings. The highest BCUT2D eigenvalue weighted by Gasteiger charge is 2.20. The van der Waals surface area contributed by atoms with Crippen molar-refractivity contribution in [3.63, 3.8) is 0 Å². The molecule has 1 unspecified atom stereocenters. The van der Waals surface area contributed by atoms with Crippen molar-refractivity contribution in [1.82, 2.24) is 19.9 Å². The Bertz CT molecular complexity index is 578. The molecule has 108 valence electrons. The van der Waals surface area contributed by atoms with E-state index in [-0.39, 0.29) is 0 Å². The van der Waals surface area contributed by atoms with Crippen LogP contribution in [0.25, 0.3) is 11.2 Å². The van der Waals surface area contributed by atoms with Crippen LogP contribution in [0.4, 0.5) is 11.8 Å². The molecule has 1 fully saturated rings. The topological polar surface area (TPSA) is 69.7 Å². The molecular formula is C14H22N6. The third kappa shape index (κ3) is 2.42. The number of aromatic amines is 1. The molecule has 2 N–H and O–H groups in total. The van der Waals surface area contributed by atoms with E-state index in [0.29, 0.717) is 5.95 Å². The summed E-state index contributed by atoms with van der Waals surface area (Å²) in [5, 5.41) is 3.02. The highest BCUT2D eigenvalue weighted by molar-refractivity contribution is 5.84. The number of H-pyrrole nitrogens is 1. The minimum atomic E-state index is 0.635. The SMILES string of the molecule is CCC1CCCN(c2nc(NC)nc3nc[nH]c23)CC1. The molecule has 0 bridgehead atoms. The van der Waals surface area contributed by atoms with Crippen molar-refractivity contribution in [3.8, 4) is 0 Å². The lowest BCUT2D eigenvalue weighted by atomic mass is 9.98. The number of nitrogens with zero attached hydrogens (tertiary/aromatic N) is 4. The van der Waals surface area contributed by atoms with Crippen molar-refractivity contribution in [2.75, 3.05) is 30.4 Å². The molecule has 0 amide bonds.